The lowest BCUT2D eigenvalue weighted by Crippen LogP contribution is -2.01. The molecular formula is C13H10BrClFNOS. The molecule has 2 N–H and O–H groups in total. The predicted octanol–water partition coefficient (Wildman–Crippen LogP) is 4.13. The lowest BCUT2D eigenvalue weighted by molar-refractivity contribution is 0.627. The summed E-state index contributed by atoms with van der Waals surface area (Å²) in [6.45, 7) is 0. The standard InChI is InChI=1S/C13H10BrClFNOS/c14-9-2-4-12(17)13(5-9)19(18)7-8-1-3-10(16)6-11(8)15/h1-6H,7,17H2. The largest absolute Gasteiger partial charge is 0.398 e. The van der Waals surface area contributed by atoms with Crippen LogP contribution in [-0.4, -0.2) is 4.21 Å². The van der Waals surface area contributed by atoms with Crippen molar-refractivity contribution in [2.24, 2.45) is 0 Å². The number of rotatable bonds is 3. The van der Waals surface area contributed by atoms with E-state index in [4.69, 9.17) is 17.3 Å². The number of hydrogen-bond donors (Lipinski definition) is 1. The number of anilines is 1. The Morgan fingerprint density at radius 3 is 2.68 bits per heavy atom. The first-order valence-corrected chi connectivity index (χ1v) is 7.83. The highest BCUT2D eigenvalue weighted by Crippen LogP contribution is 2.26. The van der Waals surface area contributed by atoms with Crippen LogP contribution in [-0.2, 0) is 16.6 Å². The molecule has 0 fully saturated rings. The maximum atomic E-state index is 12.9. The first-order chi connectivity index (χ1) is 8.97. The zero-order chi connectivity index (χ0) is 14.0. The van der Waals surface area contributed by atoms with E-state index < -0.39 is 16.6 Å². The second-order valence-corrected chi connectivity index (χ2v) is 6.65. The van der Waals surface area contributed by atoms with E-state index in [1.807, 2.05) is 0 Å². The molecule has 0 saturated heterocycles. The minimum absolute atomic E-state index is 0.194. The van der Waals surface area contributed by atoms with Crippen LogP contribution in [0.25, 0.3) is 0 Å². The fraction of sp³-hybridized carbons (Fsp3) is 0.0769. The van der Waals surface area contributed by atoms with Gasteiger partial charge in [0.1, 0.15) is 5.82 Å². The molecule has 2 aromatic carbocycles. The van der Waals surface area contributed by atoms with Crippen molar-refractivity contribution in [1.29, 1.82) is 0 Å². The zero-order valence-corrected chi connectivity index (χ0v) is 12.9. The minimum Gasteiger partial charge on any atom is -0.398 e. The summed E-state index contributed by atoms with van der Waals surface area (Å²) in [5, 5.41) is 0.266. The van der Waals surface area contributed by atoms with Gasteiger partial charge in [-0.05, 0) is 35.9 Å². The number of benzene rings is 2. The van der Waals surface area contributed by atoms with E-state index in [0.717, 1.165) is 4.47 Å². The Morgan fingerprint density at radius 2 is 2.00 bits per heavy atom. The predicted molar refractivity (Wildman–Crippen MR) is 80.1 cm³/mol. The van der Waals surface area contributed by atoms with Crippen molar-refractivity contribution in [3.63, 3.8) is 0 Å². The van der Waals surface area contributed by atoms with Crippen molar-refractivity contribution < 1.29 is 8.60 Å². The Bertz CT molecular complexity index is 651. The van der Waals surface area contributed by atoms with Crippen molar-refractivity contribution >= 4 is 44.0 Å². The van der Waals surface area contributed by atoms with Gasteiger partial charge in [-0.3, -0.25) is 4.21 Å². The number of nitrogen functional groups attached to an aromatic ring is 1. The van der Waals surface area contributed by atoms with Crippen LogP contribution in [0.5, 0.6) is 0 Å². The summed E-state index contributed by atoms with van der Waals surface area (Å²) in [5.74, 6) is -0.221. The maximum absolute atomic E-state index is 12.9. The van der Waals surface area contributed by atoms with Crippen molar-refractivity contribution in [2.45, 2.75) is 10.6 Å². The van der Waals surface area contributed by atoms with Crippen LogP contribution in [0.3, 0.4) is 0 Å². The molecule has 0 aliphatic carbocycles. The highest BCUT2D eigenvalue weighted by molar-refractivity contribution is 9.10. The molecule has 0 aliphatic rings. The Labute approximate surface area is 126 Å². The fourth-order valence-corrected chi connectivity index (χ4v) is 3.67. The van der Waals surface area contributed by atoms with Gasteiger partial charge >= 0.3 is 0 Å². The average Bonchev–Trinajstić information content (AvgIpc) is 2.35. The van der Waals surface area contributed by atoms with Crippen LogP contribution in [0, 0.1) is 5.82 Å². The summed E-state index contributed by atoms with van der Waals surface area (Å²) >= 11 is 9.23. The van der Waals surface area contributed by atoms with E-state index in [-0.39, 0.29) is 10.8 Å². The van der Waals surface area contributed by atoms with E-state index in [2.05, 4.69) is 15.9 Å². The van der Waals surface area contributed by atoms with Crippen molar-refractivity contribution in [3.8, 4) is 0 Å². The van der Waals surface area contributed by atoms with Crippen LogP contribution in [0.4, 0.5) is 10.1 Å². The van der Waals surface area contributed by atoms with Crippen molar-refractivity contribution in [2.75, 3.05) is 5.73 Å². The minimum atomic E-state index is -1.34. The topological polar surface area (TPSA) is 43.1 Å². The maximum Gasteiger partial charge on any atom is 0.124 e. The van der Waals surface area contributed by atoms with Gasteiger partial charge in [-0.25, -0.2) is 4.39 Å². The van der Waals surface area contributed by atoms with Crippen molar-refractivity contribution in [3.05, 3.63) is 57.3 Å². The molecule has 0 saturated carbocycles. The summed E-state index contributed by atoms with van der Waals surface area (Å²) in [4.78, 5) is 0.537. The molecule has 0 spiro atoms. The van der Waals surface area contributed by atoms with Gasteiger partial charge in [-0.1, -0.05) is 33.6 Å². The Morgan fingerprint density at radius 1 is 1.26 bits per heavy atom. The Balaban J connectivity index is 2.28. The smallest absolute Gasteiger partial charge is 0.124 e. The van der Waals surface area contributed by atoms with Gasteiger partial charge in [0, 0.05) is 15.2 Å². The third-order valence-corrected chi connectivity index (χ3v) is 4.79. The van der Waals surface area contributed by atoms with Gasteiger partial charge in [0.2, 0.25) is 0 Å². The summed E-state index contributed by atoms with van der Waals surface area (Å²) in [6, 6.07) is 9.21. The SMILES string of the molecule is Nc1ccc(Br)cc1S(=O)Cc1ccc(F)cc1Cl. The van der Waals surface area contributed by atoms with Gasteiger partial charge < -0.3 is 5.73 Å². The van der Waals surface area contributed by atoms with Crippen LogP contribution in [0.1, 0.15) is 5.56 Å². The highest BCUT2D eigenvalue weighted by Gasteiger charge is 2.12. The van der Waals surface area contributed by atoms with Crippen molar-refractivity contribution in [1.82, 2.24) is 0 Å². The van der Waals surface area contributed by atoms with E-state index in [0.29, 0.717) is 16.1 Å². The molecule has 2 rings (SSSR count). The molecule has 100 valence electrons. The van der Waals surface area contributed by atoms with E-state index in [1.54, 1.807) is 18.2 Å². The summed E-state index contributed by atoms with van der Waals surface area (Å²) in [5.41, 5.74) is 6.88. The molecule has 0 aliphatic heterocycles. The van der Waals surface area contributed by atoms with Crippen LogP contribution >= 0.6 is 27.5 Å². The summed E-state index contributed by atoms with van der Waals surface area (Å²) in [7, 11) is -1.34. The van der Waals surface area contributed by atoms with Gasteiger partial charge in [0.25, 0.3) is 0 Å². The molecule has 19 heavy (non-hydrogen) atoms. The first kappa shape index (κ1) is 14.5. The third-order valence-electron chi connectivity index (χ3n) is 2.52. The van der Waals surface area contributed by atoms with Gasteiger partial charge in [-0.2, -0.15) is 0 Å². The number of nitrogens with two attached hydrogens (primary N) is 1. The highest BCUT2D eigenvalue weighted by atomic mass is 79.9. The van der Waals surface area contributed by atoms with Gasteiger partial charge in [0.15, 0.2) is 0 Å². The van der Waals surface area contributed by atoms with E-state index >= 15 is 0 Å². The van der Waals surface area contributed by atoms with Crippen LogP contribution in [0.2, 0.25) is 5.02 Å². The summed E-state index contributed by atoms with van der Waals surface area (Å²) in [6.07, 6.45) is 0. The molecular weight excluding hydrogens is 353 g/mol. The zero-order valence-electron chi connectivity index (χ0n) is 9.70. The molecule has 0 bridgehead atoms. The second-order valence-electron chi connectivity index (χ2n) is 3.91. The average molecular weight is 363 g/mol. The third kappa shape index (κ3) is 3.55. The molecule has 0 heterocycles. The van der Waals surface area contributed by atoms with Crippen LogP contribution < -0.4 is 5.73 Å². The monoisotopic (exact) mass is 361 g/mol. The molecule has 0 aromatic heterocycles. The van der Waals surface area contributed by atoms with Gasteiger partial charge in [-0.15, -0.1) is 0 Å². The first-order valence-electron chi connectivity index (χ1n) is 5.34. The lowest BCUT2D eigenvalue weighted by Gasteiger charge is -2.08. The normalized spacial score (nSPS) is 12.4. The number of halogens is 3. The molecule has 1 unspecified atom stereocenters. The molecule has 2 nitrogen and oxygen atoms in total. The van der Waals surface area contributed by atoms with Crippen LogP contribution in [0.15, 0.2) is 45.8 Å². The molecule has 2 aromatic rings. The number of hydrogen-bond acceptors (Lipinski definition) is 2. The van der Waals surface area contributed by atoms with E-state index in [1.165, 1.54) is 18.2 Å². The molecule has 1 atom stereocenters. The Hall–Kier alpha value is -0.910. The quantitative estimate of drug-likeness (QED) is 0.834. The van der Waals surface area contributed by atoms with E-state index in [9.17, 15) is 8.60 Å². The molecule has 0 radical (unpaired) electrons. The Kier molecular flexibility index (Phi) is 4.60. The fourth-order valence-electron chi connectivity index (χ4n) is 1.56. The van der Waals surface area contributed by atoms with Gasteiger partial charge in [0.05, 0.1) is 21.4 Å². The lowest BCUT2D eigenvalue weighted by atomic mass is 10.2. The second kappa shape index (κ2) is 6.03. The summed E-state index contributed by atoms with van der Waals surface area (Å²) < 4.78 is 26.0. The molecule has 0 amide bonds. The molecule has 6 heteroatoms.